The van der Waals surface area contributed by atoms with Gasteiger partial charge in [-0.2, -0.15) is 0 Å². The molecule has 0 saturated heterocycles. The van der Waals surface area contributed by atoms with Crippen molar-refractivity contribution in [1.82, 2.24) is 0 Å². The molecule has 0 unspecified atom stereocenters. The maximum atomic E-state index is 9.88. The van der Waals surface area contributed by atoms with Crippen LogP contribution in [0.25, 0.3) is 6.08 Å². The minimum atomic E-state index is -1.83. The molecule has 0 aromatic heterocycles. The summed E-state index contributed by atoms with van der Waals surface area (Å²) in [5.41, 5.74) is 1.17. The summed E-state index contributed by atoms with van der Waals surface area (Å²) in [6, 6.07) is 10.0. The van der Waals surface area contributed by atoms with E-state index in [1.165, 1.54) is 19.8 Å². The molecule has 0 fully saturated rings. The molecule has 14 heavy (non-hydrogen) atoms. The highest BCUT2D eigenvalue weighted by atomic mass is 31.1. The van der Waals surface area contributed by atoms with Gasteiger partial charge in [-0.25, -0.2) is 0 Å². The number of rotatable bonds is 3. The Balaban J connectivity index is 0.000000255. The summed E-state index contributed by atoms with van der Waals surface area (Å²) in [6.07, 6.45) is 1.83. The molecule has 0 N–H and O–H groups in total. The average Bonchev–Trinajstić information content (AvgIpc) is 2.30. The fourth-order valence-corrected chi connectivity index (χ4v) is 0.813. The molecule has 0 aliphatic carbocycles. The first-order chi connectivity index (χ1) is 6.74. The van der Waals surface area contributed by atoms with Crippen molar-refractivity contribution in [3.63, 3.8) is 0 Å². The SMILES string of the molecule is C=Cc1ccccc1.CO[P+](=O)OC. The van der Waals surface area contributed by atoms with Gasteiger partial charge in [-0.15, -0.1) is 9.05 Å². The second-order valence-electron chi connectivity index (χ2n) is 2.20. The summed E-state index contributed by atoms with van der Waals surface area (Å²) in [7, 11) is 0.817. The number of hydrogen-bond donors (Lipinski definition) is 0. The zero-order valence-electron chi connectivity index (χ0n) is 8.34. The lowest BCUT2D eigenvalue weighted by atomic mass is 10.2. The van der Waals surface area contributed by atoms with Crippen LogP contribution in [-0.2, 0) is 13.6 Å². The standard InChI is InChI=1S/C8H8.C2H6O3P/c1-2-8-6-4-3-5-7-8;1-4-6(3)5-2/h2-7H,1H2;1-2H3/q;+1. The molecule has 0 aliphatic rings. The Morgan fingerprint density at radius 1 is 1.21 bits per heavy atom. The Labute approximate surface area is 85.3 Å². The highest BCUT2D eigenvalue weighted by molar-refractivity contribution is 7.33. The van der Waals surface area contributed by atoms with Crippen molar-refractivity contribution in [1.29, 1.82) is 0 Å². The first-order valence-electron chi connectivity index (χ1n) is 3.97. The zero-order valence-corrected chi connectivity index (χ0v) is 9.24. The van der Waals surface area contributed by atoms with Crippen LogP contribution in [0.5, 0.6) is 0 Å². The van der Waals surface area contributed by atoms with Crippen molar-refractivity contribution >= 4 is 14.3 Å². The topological polar surface area (TPSA) is 35.5 Å². The molecule has 0 aliphatic heterocycles. The van der Waals surface area contributed by atoms with Gasteiger partial charge in [0.2, 0.25) is 0 Å². The van der Waals surface area contributed by atoms with Gasteiger partial charge >= 0.3 is 8.25 Å². The van der Waals surface area contributed by atoms with E-state index < -0.39 is 8.25 Å². The van der Waals surface area contributed by atoms with Crippen molar-refractivity contribution in [3.05, 3.63) is 42.5 Å². The lowest BCUT2D eigenvalue weighted by molar-refractivity contribution is 0.302. The second kappa shape index (κ2) is 8.57. The molecule has 0 radical (unpaired) electrons. The third kappa shape index (κ3) is 6.49. The van der Waals surface area contributed by atoms with Gasteiger partial charge in [0, 0.05) is 4.57 Å². The molecular formula is C10H14O3P+. The minimum Gasteiger partial charge on any atom is -0.122 e. The molecule has 76 valence electrons. The molecular weight excluding hydrogens is 199 g/mol. The third-order valence-corrected chi connectivity index (χ3v) is 1.93. The molecule has 0 saturated carbocycles. The van der Waals surface area contributed by atoms with E-state index >= 15 is 0 Å². The number of benzene rings is 1. The van der Waals surface area contributed by atoms with E-state index in [2.05, 4.69) is 15.6 Å². The van der Waals surface area contributed by atoms with Crippen LogP contribution in [0.2, 0.25) is 0 Å². The van der Waals surface area contributed by atoms with Crippen LogP contribution in [0.15, 0.2) is 36.9 Å². The Hall–Kier alpha value is -1.02. The van der Waals surface area contributed by atoms with E-state index in [1.54, 1.807) is 0 Å². The van der Waals surface area contributed by atoms with Crippen LogP contribution in [-0.4, -0.2) is 14.2 Å². The van der Waals surface area contributed by atoms with Crippen molar-refractivity contribution in [2.75, 3.05) is 14.2 Å². The second-order valence-corrected chi connectivity index (χ2v) is 3.38. The maximum absolute atomic E-state index is 9.88. The molecule has 1 aromatic carbocycles. The van der Waals surface area contributed by atoms with E-state index in [9.17, 15) is 4.57 Å². The van der Waals surface area contributed by atoms with Crippen LogP contribution in [0.4, 0.5) is 0 Å². The lowest BCUT2D eigenvalue weighted by Crippen LogP contribution is -1.66. The van der Waals surface area contributed by atoms with E-state index in [0.717, 1.165) is 0 Å². The van der Waals surface area contributed by atoms with Gasteiger partial charge in [-0.1, -0.05) is 43.0 Å². The largest absolute Gasteiger partial charge is 0.696 e. The van der Waals surface area contributed by atoms with Gasteiger partial charge in [-0.3, -0.25) is 0 Å². The molecule has 0 bridgehead atoms. The molecule has 0 spiro atoms. The minimum absolute atomic E-state index is 1.17. The summed E-state index contributed by atoms with van der Waals surface area (Å²) in [6.45, 7) is 3.63. The summed E-state index contributed by atoms with van der Waals surface area (Å²) in [5, 5.41) is 0. The fraction of sp³-hybridized carbons (Fsp3) is 0.200. The quantitative estimate of drug-likeness (QED) is 0.723. The highest BCUT2D eigenvalue weighted by Crippen LogP contribution is 2.18. The Bertz CT molecular complexity index is 266. The van der Waals surface area contributed by atoms with Gasteiger partial charge in [0.15, 0.2) is 0 Å². The molecule has 1 rings (SSSR count). The lowest BCUT2D eigenvalue weighted by Gasteiger charge is -1.85. The highest BCUT2D eigenvalue weighted by Gasteiger charge is 2.10. The molecule has 3 nitrogen and oxygen atoms in total. The van der Waals surface area contributed by atoms with E-state index in [4.69, 9.17) is 0 Å². The van der Waals surface area contributed by atoms with Crippen molar-refractivity contribution in [3.8, 4) is 0 Å². The van der Waals surface area contributed by atoms with Crippen molar-refractivity contribution in [2.24, 2.45) is 0 Å². The first-order valence-corrected chi connectivity index (χ1v) is 5.07. The molecule has 4 heteroatoms. The van der Waals surface area contributed by atoms with Crippen LogP contribution < -0.4 is 0 Å². The van der Waals surface area contributed by atoms with Gasteiger partial charge in [-0.05, 0) is 5.56 Å². The first kappa shape index (κ1) is 13.0. The third-order valence-electron chi connectivity index (χ3n) is 1.33. The Kier molecular flexibility index (Phi) is 7.95. The Morgan fingerprint density at radius 3 is 1.93 bits per heavy atom. The van der Waals surface area contributed by atoms with E-state index in [1.807, 2.05) is 36.4 Å². The summed E-state index contributed by atoms with van der Waals surface area (Å²) in [5.74, 6) is 0. The van der Waals surface area contributed by atoms with Gasteiger partial charge in [0.25, 0.3) is 0 Å². The molecule has 1 aromatic rings. The van der Waals surface area contributed by atoms with Crippen LogP contribution in [0.3, 0.4) is 0 Å². The van der Waals surface area contributed by atoms with Crippen LogP contribution in [0, 0.1) is 0 Å². The van der Waals surface area contributed by atoms with Gasteiger partial charge in [0.05, 0.1) is 14.2 Å². The maximum Gasteiger partial charge on any atom is 0.696 e. The van der Waals surface area contributed by atoms with Crippen molar-refractivity contribution in [2.45, 2.75) is 0 Å². The van der Waals surface area contributed by atoms with Gasteiger partial charge < -0.3 is 0 Å². The molecule has 0 heterocycles. The van der Waals surface area contributed by atoms with Crippen LogP contribution in [0.1, 0.15) is 5.56 Å². The normalized spacial score (nSPS) is 8.43. The monoisotopic (exact) mass is 213 g/mol. The summed E-state index contributed by atoms with van der Waals surface area (Å²) >= 11 is 0. The predicted octanol–water partition coefficient (Wildman–Crippen LogP) is 3.27. The fourth-order valence-electron chi connectivity index (χ4n) is 0.664. The number of hydrogen-bond acceptors (Lipinski definition) is 3. The van der Waals surface area contributed by atoms with E-state index in [0.29, 0.717) is 0 Å². The van der Waals surface area contributed by atoms with Crippen LogP contribution >= 0.6 is 8.25 Å². The van der Waals surface area contributed by atoms with Gasteiger partial charge in [0.1, 0.15) is 0 Å². The van der Waals surface area contributed by atoms with Crippen molar-refractivity contribution < 1.29 is 13.6 Å². The zero-order chi connectivity index (χ0) is 10.8. The molecule has 0 amide bonds. The smallest absolute Gasteiger partial charge is 0.122 e. The average molecular weight is 213 g/mol. The van der Waals surface area contributed by atoms with E-state index in [-0.39, 0.29) is 0 Å². The Morgan fingerprint density at radius 2 is 1.71 bits per heavy atom. The summed E-state index contributed by atoms with van der Waals surface area (Å²) < 4.78 is 18.3. The summed E-state index contributed by atoms with van der Waals surface area (Å²) in [4.78, 5) is 0. The predicted molar refractivity (Wildman–Crippen MR) is 58.2 cm³/mol. The molecule has 0 atom stereocenters.